The number of nitrogens with two attached hydrogens (primary N) is 1. The topological polar surface area (TPSA) is 79.1 Å². The van der Waals surface area contributed by atoms with E-state index in [9.17, 15) is 9.90 Å². The number of benzene rings is 2. The van der Waals surface area contributed by atoms with Gasteiger partial charge in [0, 0.05) is 22.4 Å². The van der Waals surface area contributed by atoms with Gasteiger partial charge < -0.3 is 15.8 Å². The first-order valence-corrected chi connectivity index (χ1v) is 10.5. The molecule has 4 nitrogen and oxygen atoms in total. The zero-order valence-corrected chi connectivity index (χ0v) is 16.5. The molecule has 28 heavy (non-hydrogen) atoms. The van der Waals surface area contributed by atoms with Gasteiger partial charge in [-0.2, -0.15) is 0 Å². The number of hydrogen-bond acceptors (Lipinski definition) is 4. The summed E-state index contributed by atoms with van der Waals surface area (Å²) in [6.45, 7) is 1.91. The van der Waals surface area contributed by atoms with Gasteiger partial charge in [-0.15, -0.1) is 11.3 Å². The summed E-state index contributed by atoms with van der Waals surface area (Å²) in [5, 5.41) is 14.5. The number of phenols is 1. The van der Waals surface area contributed by atoms with E-state index >= 15 is 0 Å². The summed E-state index contributed by atoms with van der Waals surface area (Å²) in [7, 11) is 0. The van der Waals surface area contributed by atoms with Gasteiger partial charge in [0.1, 0.15) is 10.4 Å². The smallest absolute Gasteiger partial charge is 0.266 e. The van der Waals surface area contributed by atoms with E-state index in [2.05, 4.69) is 29.2 Å². The van der Waals surface area contributed by atoms with E-state index in [0.717, 1.165) is 45.8 Å². The molecule has 1 saturated carbocycles. The summed E-state index contributed by atoms with van der Waals surface area (Å²) < 4.78 is 0.687. The zero-order valence-electron chi connectivity index (χ0n) is 15.7. The summed E-state index contributed by atoms with van der Waals surface area (Å²) in [6, 6.07) is 12.3. The largest absolute Gasteiger partial charge is 0.507 e. The third-order valence-corrected chi connectivity index (χ3v) is 6.99. The van der Waals surface area contributed by atoms with Crippen molar-refractivity contribution in [1.82, 2.24) is 4.98 Å². The minimum absolute atomic E-state index is 0.0807. The molecule has 4 aromatic rings. The lowest BCUT2D eigenvalue weighted by Crippen LogP contribution is -2.22. The van der Waals surface area contributed by atoms with Crippen molar-refractivity contribution in [1.29, 1.82) is 0 Å². The number of hydrogen-bond donors (Lipinski definition) is 3. The molecule has 5 rings (SSSR count). The number of aromatic nitrogens is 1. The molecular formula is C23H22N2O2S. The maximum Gasteiger partial charge on any atom is 0.266 e. The highest BCUT2D eigenvalue weighted by Gasteiger charge is 2.25. The number of pyridine rings is 1. The van der Waals surface area contributed by atoms with Gasteiger partial charge >= 0.3 is 0 Å². The van der Waals surface area contributed by atoms with Crippen LogP contribution in [0.4, 0.5) is 0 Å². The average Bonchev–Trinajstić information content (AvgIpc) is 3.33. The van der Waals surface area contributed by atoms with Crippen LogP contribution in [0.1, 0.15) is 36.3 Å². The Labute approximate surface area is 166 Å². The quantitative estimate of drug-likeness (QED) is 0.450. The lowest BCUT2D eigenvalue weighted by atomic mass is 9.91. The number of rotatable bonds is 2. The van der Waals surface area contributed by atoms with Gasteiger partial charge in [0.05, 0.1) is 5.52 Å². The molecule has 0 spiro atoms. The Kier molecular flexibility index (Phi) is 4.03. The lowest BCUT2D eigenvalue weighted by Gasteiger charge is -2.17. The second kappa shape index (κ2) is 6.47. The van der Waals surface area contributed by atoms with Crippen LogP contribution in [0.5, 0.6) is 5.75 Å². The van der Waals surface area contributed by atoms with Gasteiger partial charge in [0.2, 0.25) is 0 Å². The average molecular weight is 391 g/mol. The first kappa shape index (κ1) is 17.5. The summed E-state index contributed by atoms with van der Waals surface area (Å²) in [4.78, 5) is 15.5. The second-order valence-electron chi connectivity index (χ2n) is 7.78. The second-order valence-corrected chi connectivity index (χ2v) is 8.69. The Bertz CT molecular complexity index is 1250. The summed E-state index contributed by atoms with van der Waals surface area (Å²) in [5.41, 5.74) is 10.8. The number of H-pyrrole nitrogens is 1. The van der Waals surface area contributed by atoms with Crippen molar-refractivity contribution >= 4 is 32.3 Å². The number of nitrogens with one attached hydrogen (secondary N) is 1. The van der Waals surface area contributed by atoms with Crippen LogP contribution in [0.3, 0.4) is 0 Å². The maximum absolute atomic E-state index is 12.4. The van der Waals surface area contributed by atoms with Gasteiger partial charge in [-0.1, -0.05) is 30.7 Å². The molecule has 2 aromatic heterocycles. The number of fused-ring (bicyclic) bond motifs is 3. The predicted molar refractivity (Wildman–Crippen MR) is 116 cm³/mol. The predicted octanol–water partition coefficient (Wildman–Crippen LogP) is 5.02. The monoisotopic (exact) mass is 390 g/mol. The minimum Gasteiger partial charge on any atom is -0.507 e. The molecule has 142 valence electrons. The van der Waals surface area contributed by atoms with Crippen LogP contribution in [0.15, 0.2) is 46.6 Å². The van der Waals surface area contributed by atoms with E-state index in [1.54, 1.807) is 6.07 Å². The first-order valence-electron chi connectivity index (χ1n) is 9.66. The first-order chi connectivity index (χ1) is 13.5. The summed E-state index contributed by atoms with van der Waals surface area (Å²) in [5.74, 6) is 0.646. The Morgan fingerprint density at radius 1 is 1.18 bits per heavy atom. The van der Waals surface area contributed by atoms with Crippen molar-refractivity contribution in [2.24, 2.45) is 5.73 Å². The highest BCUT2D eigenvalue weighted by molar-refractivity contribution is 7.17. The molecule has 1 aliphatic rings. The van der Waals surface area contributed by atoms with Gasteiger partial charge in [-0.05, 0) is 59.9 Å². The van der Waals surface area contributed by atoms with Crippen LogP contribution >= 0.6 is 11.3 Å². The van der Waals surface area contributed by atoms with Crippen molar-refractivity contribution in [2.75, 3.05) is 0 Å². The van der Waals surface area contributed by atoms with E-state index in [1.807, 2.05) is 18.4 Å². The minimum atomic E-state index is -0.0807. The fraction of sp³-hybridized carbons (Fsp3) is 0.261. The van der Waals surface area contributed by atoms with E-state index in [1.165, 1.54) is 23.3 Å². The van der Waals surface area contributed by atoms with Crippen LogP contribution in [-0.2, 0) is 0 Å². The van der Waals surface area contributed by atoms with Crippen molar-refractivity contribution in [3.8, 4) is 16.9 Å². The normalized spacial score (nSPS) is 19.6. The Morgan fingerprint density at radius 3 is 2.68 bits per heavy atom. The fourth-order valence-corrected chi connectivity index (χ4v) is 5.47. The molecule has 0 radical (unpaired) electrons. The summed E-state index contributed by atoms with van der Waals surface area (Å²) in [6.07, 6.45) is 3.40. The Morgan fingerprint density at radius 2 is 1.96 bits per heavy atom. The van der Waals surface area contributed by atoms with Crippen LogP contribution in [0, 0.1) is 6.92 Å². The molecule has 2 aromatic carbocycles. The fourth-order valence-electron chi connectivity index (χ4n) is 4.67. The number of aromatic hydroxyl groups is 1. The molecule has 5 heteroatoms. The Balaban J connectivity index is 1.75. The van der Waals surface area contributed by atoms with Crippen LogP contribution < -0.4 is 11.3 Å². The standard InChI is InChI=1S/C23H22N2O2S/c1-12-11-18(26)19(20-16-9-10-28-22(16)23(27)25-21(12)20)14-7-5-13(6-8-14)15-3-2-4-17(15)24/h5-11,15,17,26H,2-4,24H2,1H3,(H,25,27). The number of aryl methyl sites for hydroxylation is 1. The number of aromatic amines is 1. The van der Waals surface area contributed by atoms with Gasteiger partial charge in [0.25, 0.3) is 5.56 Å². The third kappa shape index (κ3) is 2.58. The number of thiophene rings is 1. The SMILES string of the molecule is Cc1cc(O)c(-c2ccc(C3CCCC3N)cc2)c2c1[nH]c(=O)c1sccc12. The molecule has 2 unspecified atom stereocenters. The molecule has 0 aliphatic heterocycles. The van der Waals surface area contributed by atoms with Crippen LogP contribution in [0.25, 0.3) is 32.1 Å². The molecule has 2 heterocycles. The van der Waals surface area contributed by atoms with Crippen LogP contribution in [-0.4, -0.2) is 16.1 Å². The molecule has 2 atom stereocenters. The molecule has 0 amide bonds. The van der Waals surface area contributed by atoms with E-state index in [-0.39, 0.29) is 17.4 Å². The molecule has 4 N–H and O–H groups in total. The lowest BCUT2D eigenvalue weighted by molar-refractivity contribution is 0.477. The Hall–Kier alpha value is -2.63. The van der Waals surface area contributed by atoms with Gasteiger partial charge in [0.15, 0.2) is 0 Å². The third-order valence-electron chi connectivity index (χ3n) is 6.08. The molecule has 1 aliphatic carbocycles. The van der Waals surface area contributed by atoms with Crippen molar-refractivity contribution in [3.63, 3.8) is 0 Å². The highest BCUT2D eigenvalue weighted by atomic mass is 32.1. The van der Waals surface area contributed by atoms with Crippen LogP contribution in [0.2, 0.25) is 0 Å². The molecule has 0 saturated heterocycles. The maximum atomic E-state index is 12.4. The summed E-state index contributed by atoms with van der Waals surface area (Å²) >= 11 is 1.42. The van der Waals surface area contributed by atoms with Crippen molar-refractivity contribution < 1.29 is 5.11 Å². The van der Waals surface area contributed by atoms with E-state index in [4.69, 9.17) is 5.73 Å². The van der Waals surface area contributed by atoms with Gasteiger partial charge in [-0.3, -0.25) is 4.79 Å². The van der Waals surface area contributed by atoms with Gasteiger partial charge in [-0.25, -0.2) is 0 Å². The molecule has 0 bridgehead atoms. The van der Waals surface area contributed by atoms with Crippen molar-refractivity contribution in [3.05, 3.63) is 63.3 Å². The zero-order chi connectivity index (χ0) is 19.4. The van der Waals surface area contributed by atoms with E-state index < -0.39 is 0 Å². The van der Waals surface area contributed by atoms with E-state index in [0.29, 0.717) is 10.6 Å². The highest BCUT2D eigenvalue weighted by Crippen LogP contribution is 2.42. The molecule has 1 fully saturated rings. The number of phenolic OH excluding ortho intramolecular Hbond substituents is 1. The van der Waals surface area contributed by atoms with Crippen molar-refractivity contribution in [2.45, 2.75) is 38.1 Å². The molecular weight excluding hydrogens is 368 g/mol.